The maximum atomic E-state index is 12.5. The Balaban J connectivity index is 1.45. The second kappa shape index (κ2) is 9.44. The van der Waals surface area contributed by atoms with Gasteiger partial charge in [0.25, 0.3) is 0 Å². The Bertz CT molecular complexity index is 1120. The minimum atomic E-state index is -1.16. The molecule has 164 valence electrons. The molecule has 0 radical (unpaired) electrons. The Morgan fingerprint density at radius 1 is 1.03 bits per heavy atom. The van der Waals surface area contributed by atoms with Crippen LogP contribution in [0.15, 0.2) is 71.2 Å². The highest BCUT2D eigenvalue weighted by Crippen LogP contribution is 2.44. The van der Waals surface area contributed by atoms with E-state index in [1.54, 1.807) is 18.2 Å². The van der Waals surface area contributed by atoms with Crippen LogP contribution in [0.25, 0.3) is 11.1 Å². The van der Waals surface area contributed by atoms with Crippen LogP contribution in [0.5, 0.6) is 5.75 Å². The molecule has 0 heterocycles. The number of carbonyl (C=O) groups excluding carboxylic acids is 1. The largest absolute Gasteiger partial charge is 0.496 e. The molecule has 6 nitrogen and oxygen atoms in total. The number of carboxylic acid groups (broad SMARTS) is 1. The number of carbonyl (C=O) groups is 2. The number of alkyl carbamates (subject to hydrolysis) is 1. The molecule has 0 spiro atoms. The van der Waals surface area contributed by atoms with Crippen LogP contribution < -0.4 is 10.1 Å². The first kappa shape index (κ1) is 21.9. The van der Waals surface area contributed by atoms with Crippen molar-refractivity contribution < 1.29 is 24.2 Å². The second-order valence-corrected chi connectivity index (χ2v) is 8.44. The van der Waals surface area contributed by atoms with Crippen LogP contribution in [0.3, 0.4) is 0 Å². The number of nitrogens with one attached hydrogen (secondary N) is 1. The molecule has 32 heavy (non-hydrogen) atoms. The molecule has 0 saturated heterocycles. The quantitative estimate of drug-likeness (QED) is 0.482. The summed E-state index contributed by atoms with van der Waals surface area (Å²) in [7, 11) is 1.52. The van der Waals surface area contributed by atoms with Gasteiger partial charge < -0.3 is 19.9 Å². The van der Waals surface area contributed by atoms with E-state index in [-0.39, 0.29) is 18.9 Å². The minimum absolute atomic E-state index is 0.0577. The van der Waals surface area contributed by atoms with Crippen LogP contribution in [0.4, 0.5) is 4.79 Å². The van der Waals surface area contributed by atoms with E-state index in [1.165, 1.54) is 7.11 Å². The molecule has 0 aliphatic heterocycles. The van der Waals surface area contributed by atoms with Crippen molar-refractivity contribution in [1.29, 1.82) is 0 Å². The van der Waals surface area contributed by atoms with E-state index in [2.05, 4.69) is 33.4 Å². The molecular formula is C25H22BrNO5. The monoisotopic (exact) mass is 495 g/mol. The lowest BCUT2D eigenvalue weighted by Crippen LogP contribution is -2.43. The molecule has 0 fully saturated rings. The Morgan fingerprint density at radius 3 is 2.25 bits per heavy atom. The summed E-state index contributed by atoms with van der Waals surface area (Å²) in [5.74, 6) is -0.698. The van der Waals surface area contributed by atoms with E-state index < -0.39 is 18.1 Å². The van der Waals surface area contributed by atoms with Gasteiger partial charge in [0.2, 0.25) is 0 Å². The van der Waals surface area contributed by atoms with Crippen LogP contribution in [0.1, 0.15) is 22.6 Å². The highest BCUT2D eigenvalue weighted by atomic mass is 79.9. The molecule has 0 bridgehead atoms. The van der Waals surface area contributed by atoms with E-state index in [9.17, 15) is 14.7 Å². The number of rotatable bonds is 7. The van der Waals surface area contributed by atoms with E-state index in [0.717, 1.165) is 26.7 Å². The van der Waals surface area contributed by atoms with Gasteiger partial charge in [-0.25, -0.2) is 9.59 Å². The fraction of sp³-hybridized carbons (Fsp3) is 0.200. The Labute approximate surface area is 194 Å². The van der Waals surface area contributed by atoms with Crippen molar-refractivity contribution in [1.82, 2.24) is 5.32 Å². The number of hydrogen-bond acceptors (Lipinski definition) is 4. The minimum Gasteiger partial charge on any atom is -0.496 e. The number of aliphatic carboxylic acids is 1. The molecule has 1 amide bonds. The summed E-state index contributed by atoms with van der Waals surface area (Å²) in [5, 5.41) is 12.1. The van der Waals surface area contributed by atoms with Gasteiger partial charge in [-0.05, 0) is 46.0 Å². The Morgan fingerprint density at radius 2 is 1.66 bits per heavy atom. The molecule has 0 aromatic heterocycles. The number of methoxy groups -OCH3 is 1. The molecule has 3 aromatic rings. The highest BCUT2D eigenvalue weighted by Gasteiger charge is 2.30. The van der Waals surface area contributed by atoms with Crippen LogP contribution in [-0.2, 0) is 16.0 Å². The van der Waals surface area contributed by atoms with Gasteiger partial charge in [0.1, 0.15) is 18.4 Å². The fourth-order valence-corrected chi connectivity index (χ4v) is 4.52. The molecule has 0 unspecified atom stereocenters. The van der Waals surface area contributed by atoms with Gasteiger partial charge in [-0.15, -0.1) is 0 Å². The molecule has 1 atom stereocenters. The third kappa shape index (κ3) is 4.48. The van der Waals surface area contributed by atoms with Gasteiger partial charge in [-0.1, -0.05) is 64.5 Å². The van der Waals surface area contributed by atoms with Crippen molar-refractivity contribution in [2.24, 2.45) is 0 Å². The number of halogens is 1. The summed E-state index contributed by atoms with van der Waals surface area (Å²) in [6.07, 6.45) is -0.712. The zero-order valence-corrected chi connectivity index (χ0v) is 19.0. The maximum Gasteiger partial charge on any atom is 0.407 e. The summed E-state index contributed by atoms with van der Waals surface area (Å²) in [6.45, 7) is 0.117. The third-order valence-corrected chi connectivity index (χ3v) is 6.09. The highest BCUT2D eigenvalue weighted by molar-refractivity contribution is 9.10. The van der Waals surface area contributed by atoms with Crippen molar-refractivity contribution in [2.45, 2.75) is 18.4 Å². The van der Waals surface area contributed by atoms with E-state index in [1.807, 2.05) is 36.4 Å². The van der Waals surface area contributed by atoms with Crippen LogP contribution in [-0.4, -0.2) is 36.9 Å². The molecular weight excluding hydrogens is 474 g/mol. The van der Waals surface area contributed by atoms with Gasteiger partial charge in [0, 0.05) is 16.8 Å². The van der Waals surface area contributed by atoms with Crippen molar-refractivity contribution in [2.75, 3.05) is 13.7 Å². The van der Waals surface area contributed by atoms with Gasteiger partial charge >= 0.3 is 12.1 Å². The van der Waals surface area contributed by atoms with E-state index in [4.69, 9.17) is 9.47 Å². The van der Waals surface area contributed by atoms with Crippen molar-refractivity contribution in [3.8, 4) is 16.9 Å². The number of carboxylic acids is 1. The fourth-order valence-electron chi connectivity index (χ4n) is 4.11. The third-order valence-electron chi connectivity index (χ3n) is 5.60. The predicted octanol–water partition coefficient (Wildman–Crippen LogP) is 4.99. The molecule has 2 N–H and O–H groups in total. The predicted molar refractivity (Wildman–Crippen MR) is 124 cm³/mol. The first-order valence-corrected chi connectivity index (χ1v) is 10.9. The topological polar surface area (TPSA) is 84.9 Å². The molecule has 7 heteroatoms. The van der Waals surface area contributed by atoms with Crippen LogP contribution in [0, 0.1) is 0 Å². The first-order chi connectivity index (χ1) is 15.5. The average molecular weight is 496 g/mol. The summed E-state index contributed by atoms with van der Waals surface area (Å²) < 4.78 is 11.6. The molecule has 0 saturated carbocycles. The molecule has 1 aliphatic carbocycles. The van der Waals surface area contributed by atoms with Crippen molar-refractivity contribution in [3.05, 3.63) is 87.9 Å². The smallest absolute Gasteiger partial charge is 0.407 e. The van der Waals surface area contributed by atoms with Gasteiger partial charge in [-0.3, -0.25) is 0 Å². The first-order valence-electron chi connectivity index (χ1n) is 10.1. The molecule has 3 aromatic carbocycles. The molecule has 1 aliphatic rings. The SMILES string of the molecule is COc1ccc(Br)cc1C[C@H](NC(=O)OCC1c2ccccc2-c2ccccc21)C(=O)O. The summed E-state index contributed by atoms with van der Waals surface area (Å²) in [6, 6.07) is 20.2. The number of benzene rings is 3. The van der Waals surface area contributed by atoms with Gasteiger partial charge in [-0.2, -0.15) is 0 Å². The van der Waals surface area contributed by atoms with E-state index >= 15 is 0 Å². The van der Waals surface area contributed by atoms with Crippen LogP contribution >= 0.6 is 15.9 Å². The molecule has 4 rings (SSSR count). The number of ether oxygens (including phenoxy) is 2. The Kier molecular flexibility index (Phi) is 6.46. The lowest BCUT2D eigenvalue weighted by Gasteiger charge is -2.18. The average Bonchev–Trinajstić information content (AvgIpc) is 3.11. The standard InChI is InChI=1S/C25H22BrNO5/c1-31-23-11-10-16(26)12-15(23)13-22(24(28)29)27-25(30)32-14-21-19-8-4-2-6-17(19)18-7-3-5-9-20(18)21/h2-12,21-22H,13-14H2,1H3,(H,27,30)(H,28,29)/t22-/m0/s1. The summed E-state index contributed by atoms with van der Waals surface area (Å²) >= 11 is 3.38. The lowest BCUT2D eigenvalue weighted by molar-refractivity contribution is -0.139. The number of hydrogen-bond donors (Lipinski definition) is 2. The van der Waals surface area contributed by atoms with Crippen LogP contribution in [0.2, 0.25) is 0 Å². The number of fused-ring (bicyclic) bond motifs is 3. The van der Waals surface area contributed by atoms with E-state index in [0.29, 0.717) is 11.3 Å². The van der Waals surface area contributed by atoms with Crippen molar-refractivity contribution in [3.63, 3.8) is 0 Å². The zero-order valence-electron chi connectivity index (χ0n) is 17.4. The zero-order chi connectivity index (χ0) is 22.7. The van der Waals surface area contributed by atoms with Gasteiger partial charge in [0.05, 0.1) is 7.11 Å². The number of amides is 1. The second-order valence-electron chi connectivity index (χ2n) is 7.52. The Hall–Kier alpha value is -3.32. The lowest BCUT2D eigenvalue weighted by atomic mass is 9.98. The summed E-state index contributed by atoms with van der Waals surface area (Å²) in [5.41, 5.74) is 5.10. The van der Waals surface area contributed by atoms with Gasteiger partial charge in [0.15, 0.2) is 0 Å². The normalized spacial score (nSPS) is 13.1. The summed E-state index contributed by atoms with van der Waals surface area (Å²) in [4.78, 5) is 24.3. The maximum absolute atomic E-state index is 12.5. The van der Waals surface area contributed by atoms with Crippen molar-refractivity contribution >= 4 is 28.0 Å².